The molecule has 0 aliphatic carbocycles. The number of rotatable bonds is 4. The highest BCUT2D eigenvalue weighted by Gasteiger charge is 2.24. The van der Waals surface area contributed by atoms with E-state index in [4.69, 9.17) is 5.11 Å². The molecular formula is C19H18FNO4. The van der Waals surface area contributed by atoms with E-state index in [-0.39, 0.29) is 17.9 Å². The molecule has 5 nitrogen and oxygen atoms in total. The molecular weight excluding hydrogens is 325 g/mol. The molecule has 1 heterocycles. The fourth-order valence-electron chi connectivity index (χ4n) is 3.03. The number of fused-ring (bicyclic) bond motifs is 1. The number of aliphatic hydroxyl groups is 1. The summed E-state index contributed by atoms with van der Waals surface area (Å²) in [5.74, 6) is -1.71. The molecule has 0 spiro atoms. The molecule has 0 saturated heterocycles. The summed E-state index contributed by atoms with van der Waals surface area (Å²) in [4.78, 5) is 25.1. The summed E-state index contributed by atoms with van der Waals surface area (Å²) in [6.07, 6.45) is -0.580. The Morgan fingerprint density at radius 1 is 1.16 bits per heavy atom. The Bertz CT molecular complexity index is 821. The Hall–Kier alpha value is -2.73. The predicted octanol–water partition coefficient (Wildman–Crippen LogP) is 2.53. The van der Waals surface area contributed by atoms with E-state index < -0.39 is 17.9 Å². The van der Waals surface area contributed by atoms with Gasteiger partial charge < -0.3 is 15.1 Å². The molecule has 1 atom stereocenters. The molecule has 1 unspecified atom stereocenters. The Kier molecular flexibility index (Phi) is 4.81. The van der Waals surface area contributed by atoms with Crippen molar-refractivity contribution < 1.29 is 24.2 Å². The summed E-state index contributed by atoms with van der Waals surface area (Å²) in [6, 6.07) is 10.5. The molecule has 1 amide bonds. The number of hydrogen-bond acceptors (Lipinski definition) is 3. The molecule has 3 rings (SSSR count). The molecule has 0 saturated carbocycles. The van der Waals surface area contributed by atoms with Crippen molar-refractivity contribution in [3.8, 4) is 0 Å². The normalized spacial score (nSPS) is 14.7. The summed E-state index contributed by atoms with van der Waals surface area (Å²) in [6.45, 7) is 0.819. The number of carboxylic acid groups (broad SMARTS) is 1. The third kappa shape index (κ3) is 3.85. The van der Waals surface area contributed by atoms with Crippen molar-refractivity contribution in [2.75, 3.05) is 6.54 Å². The zero-order valence-electron chi connectivity index (χ0n) is 13.5. The van der Waals surface area contributed by atoms with Crippen molar-refractivity contribution in [2.45, 2.75) is 25.5 Å². The summed E-state index contributed by atoms with van der Waals surface area (Å²) < 4.78 is 13.2. The lowest BCUT2D eigenvalue weighted by Crippen LogP contribution is -2.36. The third-order valence-electron chi connectivity index (χ3n) is 4.42. The van der Waals surface area contributed by atoms with Crippen LogP contribution in [0.3, 0.4) is 0 Å². The number of carboxylic acids is 1. The van der Waals surface area contributed by atoms with Crippen LogP contribution in [0.1, 0.15) is 39.6 Å². The number of nitrogens with zero attached hydrogens (tertiary/aromatic N) is 1. The van der Waals surface area contributed by atoms with Gasteiger partial charge in [-0.1, -0.05) is 18.2 Å². The van der Waals surface area contributed by atoms with Gasteiger partial charge in [-0.05, 0) is 47.4 Å². The smallest absolute Gasteiger partial charge is 0.335 e. The molecule has 0 bridgehead atoms. The van der Waals surface area contributed by atoms with Crippen LogP contribution in [0.15, 0.2) is 42.5 Å². The Labute approximate surface area is 144 Å². The quantitative estimate of drug-likeness (QED) is 0.894. The van der Waals surface area contributed by atoms with Crippen molar-refractivity contribution >= 4 is 11.9 Å². The number of hydrogen-bond donors (Lipinski definition) is 2. The third-order valence-corrected chi connectivity index (χ3v) is 4.42. The molecule has 1 aliphatic rings. The van der Waals surface area contributed by atoms with Crippen molar-refractivity contribution in [1.82, 2.24) is 4.90 Å². The lowest BCUT2D eigenvalue weighted by Gasteiger charge is -2.30. The van der Waals surface area contributed by atoms with Gasteiger partial charge in [0.2, 0.25) is 5.91 Å². The fraction of sp³-hybridized carbons (Fsp3) is 0.263. The van der Waals surface area contributed by atoms with Gasteiger partial charge >= 0.3 is 5.97 Å². The Morgan fingerprint density at radius 3 is 2.68 bits per heavy atom. The van der Waals surface area contributed by atoms with Crippen molar-refractivity contribution in [2.24, 2.45) is 0 Å². The van der Waals surface area contributed by atoms with E-state index in [0.29, 0.717) is 25.1 Å². The second-order valence-corrected chi connectivity index (χ2v) is 6.13. The number of amides is 1. The van der Waals surface area contributed by atoms with Crippen LogP contribution in [0.25, 0.3) is 0 Å². The lowest BCUT2D eigenvalue weighted by molar-refractivity contribution is -0.134. The van der Waals surface area contributed by atoms with Gasteiger partial charge in [-0.15, -0.1) is 0 Å². The van der Waals surface area contributed by atoms with E-state index in [0.717, 1.165) is 11.1 Å². The highest BCUT2D eigenvalue weighted by molar-refractivity contribution is 5.88. The van der Waals surface area contributed by atoms with Crippen LogP contribution in [-0.4, -0.2) is 33.5 Å². The van der Waals surface area contributed by atoms with Gasteiger partial charge in [0.25, 0.3) is 0 Å². The van der Waals surface area contributed by atoms with Gasteiger partial charge in [0.15, 0.2) is 0 Å². The van der Waals surface area contributed by atoms with Crippen LogP contribution in [0.2, 0.25) is 0 Å². The standard InChI is InChI=1S/C19H18FNO4/c20-16-3-1-2-13(9-16)17(22)10-18(23)21-7-6-12-4-5-14(19(24)25)8-15(12)11-21/h1-5,8-9,17,22H,6-7,10-11H2,(H,24,25). The van der Waals surface area contributed by atoms with E-state index in [9.17, 15) is 19.1 Å². The van der Waals surface area contributed by atoms with E-state index >= 15 is 0 Å². The molecule has 130 valence electrons. The van der Waals surface area contributed by atoms with Crippen molar-refractivity contribution in [3.05, 3.63) is 70.5 Å². The maximum atomic E-state index is 13.2. The summed E-state index contributed by atoms with van der Waals surface area (Å²) in [5, 5.41) is 19.3. The Morgan fingerprint density at radius 2 is 1.96 bits per heavy atom. The molecule has 2 N–H and O–H groups in total. The minimum Gasteiger partial charge on any atom is -0.478 e. The number of halogens is 1. The molecule has 2 aromatic rings. The van der Waals surface area contributed by atoms with E-state index in [2.05, 4.69) is 0 Å². The number of carbonyl (C=O) groups is 2. The number of aromatic carboxylic acids is 1. The van der Waals surface area contributed by atoms with Gasteiger partial charge in [0.05, 0.1) is 18.1 Å². The summed E-state index contributed by atoms with van der Waals surface area (Å²) >= 11 is 0. The average Bonchev–Trinajstić information content (AvgIpc) is 2.60. The fourth-order valence-corrected chi connectivity index (χ4v) is 3.03. The first-order valence-electron chi connectivity index (χ1n) is 8.00. The van der Waals surface area contributed by atoms with E-state index in [1.165, 1.54) is 18.2 Å². The van der Waals surface area contributed by atoms with E-state index in [1.807, 2.05) is 0 Å². The average molecular weight is 343 g/mol. The Balaban J connectivity index is 1.69. The minimum absolute atomic E-state index is 0.141. The summed E-state index contributed by atoms with van der Waals surface area (Å²) in [7, 11) is 0. The predicted molar refractivity (Wildman–Crippen MR) is 88.5 cm³/mol. The zero-order chi connectivity index (χ0) is 18.0. The van der Waals surface area contributed by atoms with Gasteiger partial charge in [-0.25, -0.2) is 9.18 Å². The zero-order valence-corrected chi connectivity index (χ0v) is 13.5. The second-order valence-electron chi connectivity index (χ2n) is 6.13. The van der Waals surface area contributed by atoms with Crippen LogP contribution in [-0.2, 0) is 17.8 Å². The maximum absolute atomic E-state index is 13.2. The minimum atomic E-state index is -1.07. The second kappa shape index (κ2) is 7.03. The number of aliphatic hydroxyl groups excluding tert-OH is 1. The maximum Gasteiger partial charge on any atom is 0.335 e. The highest BCUT2D eigenvalue weighted by atomic mass is 19.1. The van der Waals surface area contributed by atoms with Gasteiger partial charge in [0.1, 0.15) is 5.82 Å². The highest BCUT2D eigenvalue weighted by Crippen LogP contribution is 2.24. The lowest BCUT2D eigenvalue weighted by atomic mass is 9.96. The van der Waals surface area contributed by atoms with Crippen LogP contribution in [0.5, 0.6) is 0 Å². The van der Waals surface area contributed by atoms with Crippen LogP contribution in [0, 0.1) is 5.82 Å². The van der Waals surface area contributed by atoms with Gasteiger partial charge in [-0.3, -0.25) is 4.79 Å². The van der Waals surface area contributed by atoms with E-state index in [1.54, 1.807) is 29.2 Å². The topological polar surface area (TPSA) is 77.8 Å². The molecule has 0 aromatic heterocycles. The van der Waals surface area contributed by atoms with Crippen LogP contribution >= 0.6 is 0 Å². The van der Waals surface area contributed by atoms with Crippen LogP contribution < -0.4 is 0 Å². The largest absolute Gasteiger partial charge is 0.478 e. The molecule has 0 radical (unpaired) electrons. The molecule has 2 aromatic carbocycles. The number of carbonyl (C=O) groups excluding carboxylic acids is 1. The van der Waals surface area contributed by atoms with Gasteiger partial charge in [-0.2, -0.15) is 0 Å². The molecule has 0 fully saturated rings. The summed E-state index contributed by atoms with van der Waals surface area (Å²) in [5.41, 5.74) is 2.38. The van der Waals surface area contributed by atoms with Crippen molar-refractivity contribution in [1.29, 1.82) is 0 Å². The van der Waals surface area contributed by atoms with Gasteiger partial charge in [0, 0.05) is 13.1 Å². The first-order valence-corrected chi connectivity index (χ1v) is 8.00. The van der Waals surface area contributed by atoms with Crippen LogP contribution in [0.4, 0.5) is 4.39 Å². The first-order chi connectivity index (χ1) is 11.9. The monoisotopic (exact) mass is 343 g/mol. The molecule has 1 aliphatic heterocycles. The van der Waals surface area contributed by atoms with Crippen molar-refractivity contribution in [3.63, 3.8) is 0 Å². The SMILES string of the molecule is O=C(O)c1ccc2c(c1)CN(C(=O)CC(O)c1cccc(F)c1)CC2. The number of benzene rings is 2. The molecule has 25 heavy (non-hydrogen) atoms. The molecule has 6 heteroatoms. The first kappa shape index (κ1) is 17.1.